The average Bonchev–Trinajstić information content (AvgIpc) is 3.13. The molecule has 0 saturated carbocycles. The highest BCUT2D eigenvalue weighted by atomic mass is 16.5. The van der Waals surface area contributed by atoms with Crippen LogP contribution in [0.4, 0.5) is 0 Å². The normalized spacial score (nSPS) is 17.7. The number of aryl methyl sites for hydroxylation is 1. The molecule has 1 aliphatic heterocycles. The number of methoxy groups -OCH3 is 1. The molecule has 0 N–H and O–H groups in total. The summed E-state index contributed by atoms with van der Waals surface area (Å²) in [6, 6.07) is 0. The highest BCUT2D eigenvalue weighted by molar-refractivity contribution is 5.92. The van der Waals surface area contributed by atoms with Gasteiger partial charge in [-0.2, -0.15) is 0 Å². The standard InChI is InChI=1S/C14H21N3O4/c1-16-10-15-8-12(16)14(19)17(6-5-13(18)20-2)9-11-4-3-7-21-11/h8,10-11H,3-7,9H2,1-2H3. The first-order chi connectivity index (χ1) is 10.1. The van der Waals surface area contributed by atoms with Crippen LogP contribution in [0.25, 0.3) is 0 Å². The van der Waals surface area contributed by atoms with Gasteiger partial charge in [-0.25, -0.2) is 4.98 Å². The largest absolute Gasteiger partial charge is 0.469 e. The molecule has 2 heterocycles. The minimum atomic E-state index is -0.329. The molecule has 7 nitrogen and oxygen atoms in total. The Bertz CT molecular complexity index is 494. The van der Waals surface area contributed by atoms with Gasteiger partial charge in [0, 0.05) is 26.7 Å². The summed E-state index contributed by atoms with van der Waals surface area (Å²) in [7, 11) is 3.11. The fourth-order valence-electron chi connectivity index (χ4n) is 2.36. The van der Waals surface area contributed by atoms with Crippen LogP contribution in [0.3, 0.4) is 0 Å². The minimum Gasteiger partial charge on any atom is -0.469 e. The highest BCUT2D eigenvalue weighted by Crippen LogP contribution is 2.15. The molecule has 0 aromatic carbocycles. The number of imidazole rings is 1. The van der Waals surface area contributed by atoms with Crippen LogP contribution in [-0.2, 0) is 21.3 Å². The third-order valence-corrected chi connectivity index (χ3v) is 3.58. The van der Waals surface area contributed by atoms with Gasteiger partial charge >= 0.3 is 5.97 Å². The van der Waals surface area contributed by atoms with Gasteiger partial charge in [-0.3, -0.25) is 9.59 Å². The lowest BCUT2D eigenvalue weighted by atomic mass is 10.2. The number of hydrogen-bond donors (Lipinski definition) is 0. The van der Waals surface area contributed by atoms with Gasteiger partial charge in [0.2, 0.25) is 0 Å². The van der Waals surface area contributed by atoms with Crippen molar-refractivity contribution in [1.82, 2.24) is 14.5 Å². The third-order valence-electron chi connectivity index (χ3n) is 3.58. The van der Waals surface area contributed by atoms with Gasteiger partial charge < -0.3 is 18.9 Å². The molecule has 0 bridgehead atoms. The topological polar surface area (TPSA) is 73.7 Å². The van der Waals surface area contributed by atoms with E-state index in [9.17, 15) is 9.59 Å². The van der Waals surface area contributed by atoms with E-state index in [1.54, 1.807) is 22.8 Å². The second-order valence-corrected chi connectivity index (χ2v) is 5.10. The van der Waals surface area contributed by atoms with Gasteiger partial charge in [0.1, 0.15) is 5.69 Å². The van der Waals surface area contributed by atoms with Gasteiger partial charge in [-0.1, -0.05) is 0 Å². The summed E-state index contributed by atoms with van der Waals surface area (Å²) in [5.41, 5.74) is 0.498. The molecular weight excluding hydrogens is 274 g/mol. The molecule has 1 saturated heterocycles. The van der Waals surface area contributed by atoms with E-state index in [1.807, 2.05) is 0 Å². The fraction of sp³-hybridized carbons (Fsp3) is 0.643. The lowest BCUT2D eigenvalue weighted by Crippen LogP contribution is -2.39. The molecular formula is C14H21N3O4. The van der Waals surface area contributed by atoms with Crippen LogP contribution in [0.15, 0.2) is 12.5 Å². The molecule has 1 fully saturated rings. The van der Waals surface area contributed by atoms with E-state index < -0.39 is 0 Å². The number of nitrogens with zero attached hydrogens (tertiary/aromatic N) is 3. The number of carbonyl (C=O) groups is 2. The molecule has 1 unspecified atom stereocenters. The first kappa shape index (κ1) is 15.5. The molecule has 116 valence electrons. The number of ether oxygens (including phenoxy) is 2. The lowest BCUT2D eigenvalue weighted by molar-refractivity contribution is -0.140. The molecule has 7 heteroatoms. The van der Waals surface area contributed by atoms with Crippen LogP contribution < -0.4 is 0 Å². The minimum absolute atomic E-state index is 0.0415. The summed E-state index contributed by atoms with van der Waals surface area (Å²) in [5.74, 6) is -0.473. The Balaban J connectivity index is 2.04. The van der Waals surface area contributed by atoms with E-state index in [2.05, 4.69) is 9.72 Å². The van der Waals surface area contributed by atoms with Crippen molar-refractivity contribution in [3.63, 3.8) is 0 Å². The van der Waals surface area contributed by atoms with Crippen molar-refractivity contribution in [2.24, 2.45) is 7.05 Å². The average molecular weight is 295 g/mol. The third kappa shape index (κ3) is 4.04. The molecule has 1 aromatic heterocycles. The molecule has 21 heavy (non-hydrogen) atoms. The van der Waals surface area contributed by atoms with Crippen molar-refractivity contribution in [3.8, 4) is 0 Å². The summed E-state index contributed by atoms with van der Waals surface area (Å²) in [6.45, 7) is 1.53. The van der Waals surface area contributed by atoms with Crippen molar-refractivity contribution in [3.05, 3.63) is 18.2 Å². The van der Waals surface area contributed by atoms with Crippen molar-refractivity contribution in [1.29, 1.82) is 0 Å². The molecule has 0 spiro atoms. The maximum atomic E-state index is 12.6. The van der Waals surface area contributed by atoms with Crippen LogP contribution in [0, 0.1) is 0 Å². The van der Waals surface area contributed by atoms with E-state index in [4.69, 9.17) is 4.74 Å². The van der Waals surface area contributed by atoms with Gasteiger partial charge in [-0.15, -0.1) is 0 Å². The van der Waals surface area contributed by atoms with Crippen molar-refractivity contribution in [2.75, 3.05) is 26.8 Å². The van der Waals surface area contributed by atoms with Crippen LogP contribution in [0.5, 0.6) is 0 Å². The molecule has 1 atom stereocenters. The molecule has 0 aliphatic carbocycles. The maximum Gasteiger partial charge on any atom is 0.307 e. The van der Waals surface area contributed by atoms with Gasteiger partial charge in [0.05, 0.1) is 32.2 Å². The van der Waals surface area contributed by atoms with Crippen LogP contribution >= 0.6 is 0 Å². The number of amides is 1. The molecule has 0 radical (unpaired) electrons. The molecule has 1 amide bonds. The fourth-order valence-corrected chi connectivity index (χ4v) is 2.36. The van der Waals surface area contributed by atoms with Crippen LogP contribution in [0.2, 0.25) is 0 Å². The smallest absolute Gasteiger partial charge is 0.307 e. The number of esters is 1. The van der Waals surface area contributed by atoms with Crippen molar-refractivity contribution >= 4 is 11.9 Å². The maximum absolute atomic E-state index is 12.6. The predicted octanol–water partition coefficient (Wildman–Crippen LogP) is 0.604. The molecule has 1 aliphatic rings. The summed E-state index contributed by atoms with van der Waals surface area (Å²) in [4.78, 5) is 29.5. The van der Waals surface area contributed by atoms with Gasteiger partial charge in [-0.05, 0) is 12.8 Å². The number of carbonyl (C=O) groups excluding carboxylic acids is 2. The highest BCUT2D eigenvalue weighted by Gasteiger charge is 2.25. The summed E-state index contributed by atoms with van der Waals surface area (Å²) < 4.78 is 11.9. The first-order valence-electron chi connectivity index (χ1n) is 7.06. The van der Waals surface area contributed by atoms with Crippen LogP contribution in [-0.4, -0.2) is 59.2 Å². The Morgan fingerprint density at radius 3 is 2.95 bits per heavy atom. The first-order valence-corrected chi connectivity index (χ1v) is 7.06. The molecule has 1 aromatic rings. The van der Waals surface area contributed by atoms with Crippen LogP contribution in [0.1, 0.15) is 29.8 Å². The zero-order chi connectivity index (χ0) is 15.2. The van der Waals surface area contributed by atoms with E-state index in [0.29, 0.717) is 18.8 Å². The zero-order valence-corrected chi connectivity index (χ0v) is 12.4. The Morgan fingerprint density at radius 2 is 2.38 bits per heavy atom. The van der Waals surface area contributed by atoms with E-state index in [0.717, 1.165) is 19.4 Å². The van der Waals surface area contributed by atoms with Gasteiger partial charge in [0.15, 0.2) is 0 Å². The molecule has 2 rings (SSSR count). The monoisotopic (exact) mass is 295 g/mol. The second kappa shape index (κ2) is 7.21. The Kier molecular flexibility index (Phi) is 5.32. The summed E-state index contributed by atoms with van der Waals surface area (Å²) in [5, 5.41) is 0. The Morgan fingerprint density at radius 1 is 1.57 bits per heavy atom. The number of aromatic nitrogens is 2. The number of hydrogen-bond acceptors (Lipinski definition) is 5. The number of rotatable bonds is 6. The van der Waals surface area contributed by atoms with Crippen molar-refractivity contribution in [2.45, 2.75) is 25.4 Å². The van der Waals surface area contributed by atoms with E-state index in [-0.39, 0.29) is 24.4 Å². The summed E-state index contributed by atoms with van der Waals surface area (Å²) >= 11 is 0. The van der Waals surface area contributed by atoms with E-state index in [1.165, 1.54) is 13.3 Å². The SMILES string of the molecule is COC(=O)CCN(CC1CCCO1)C(=O)c1cncn1C. The quantitative estimate of drug-likeness (QED) is 0.719. The van der Waals surface area contributed by atoms with Gasteiger partial charge in [0.25, 0.3) is 5.91 Å². The predicted molar refractivity (Wildman–Crippen MR) is 74.7 cm³/mol. The van der Waals surface area contributed by atoms with E-state index >= 15 is 0 Å². The lowest BCUT2D eigenvalue weighted by Gasteiger charge is -2.25. The Hall–Kier alpha value is -1.89. The zero-order valence-electron chi connectivity index (χ0n) is 12.4. The Labute approximate surface area is 123 Å². The summed E-state index contributed by atoms with van der Waals surface area (Å²) in [6.07, 6.45) is 5.27. The second-order valence-electron chi connectivity index (χ2n) is 5.10. The van der Waals surface area contributed by atoms with Crippen molar-refractivity contribution < 1.29 is 19.1 Å².